The highest BCUT2D eigenvalue weighted by atomic mass is 16.5. The normalized spacial score (nSPS) is 15.9. The van der Waals surface area contributed by atoms with Gasteiger partial charge in [-0.15, -0.1) is 0 Å². The number of amides is 1. The van der Waals surface area contributed by atoms with Gasteiger partial charge in [-0.3, -0.25) is 9.59 Å². The van der Waals surface area contributed by atoms with Crippen molar-refractivity contribution in [1.82, 2.24) is 4.90 Å². The Morgan fingerprint density at radius 1 is 1.19 bits per heavy atom. The second-order valence-electron chi connectivity index (χ2n) is 6.66. The van der Waals surface area contributed by atoms with Gasteiger partial charge in [0.15, 0.2) is 5.43 Å². The van der Waals surface area contributed by atoms with E-state index in [1.807, 2.05) is 37.3 Å². The minimum Gasteiger partial charge on any atom is -0.490 e. The van der Waals surface area contributed by atoms with E-state index in [-0.39, 0.29) is 17.1 Å². The van der Waals surface area contributed by atoms with Crippen molar-refractivity contribution < 1.29 is 13.9 Å². The van der Waals surface area contributed by atoms with E-state index in [0.717, 1.165) is 11.1 Å². The number of carbonyl (C=O) groups is 1. The number of carbonyl (C=O) groups excluding carboxylic acids is 1. The first-order valence-corrected chi connectivity index (χ1v) is 8.69. The Morgan fingerprint density at radius 3 is 2.63 bits per heavy atom. The lowest BCUT2D eigenvalue weighted by Gasteiger charge is -2.20. The van der Waals surface area contributed by atoms with E-state index in [1.54, 1.807) is 30.2 Å². The van der Waals surface area contributed by atoms with Gasteiger partial charge in [0.2, 0.25) is 5.76 Å². The molecule has 1 aliphatic heterocycles. The zero-order chi connectivity index (χ0) is 19.1. The van der Waals surface area contributed by atoms with Gasteiger partial charge in [0.25, 0.3) is 5.91 Å². The van der Waals surface area contributed by atoms with Crippen molar-refractivity contribution in [2.24, 2.45) is 0 Å². The van der Waals surface area contributed by atoms with Crippen LogP contribution in [0.5, 0.6) is 5.75 Å². The molecular formula is C22H19NO4. The second kappa shape index (κ2) is 6.43. The quantitative estimate of drug-likeness (QED) is 0.663. The summed E-state index contributed by atoms with van der Waals surface area (Å²) < 4.78 is 11.3. The lowest BCUT2D eigenvalue weighted by molar-refractivity contribution is 0.0771. The van der Waals surface area contributed by atoms with Crippen molar-refractivity contribution in [2.45, 2.75) is 13.0 Å². The van der Waals surface area contributed by atoms with Gasteiger partial charge >= 0.3 is 0 Å². The standard InChI is InChI=1S/C22H19NO4/c1-4-11-26-15-8-6-14(7-9-15)19-18-20(24)16-12-13(2)5-10-17(16)27-21(18)22(25)23(19)3/h4-10,12,19H,1,11H2,2-3H3. The van der Waals surface area contributed by atoms with Gasteiger partial charge in [-0.05, 0) is 36.8 Å². The fourth-order valence-electron chi connectivity index (χ4n) is 3.49. The first kappa shape index (κ1) is 17.1. The molecule has 1 atom stereocenters. The van der Waals surface area contributed by atoms with Crippen LogP contribution >= 0.6 is 0 Å². The average Bonchev–Trinajstić information content (AvgIpc) is 2.93. The predicted octanol–water partition coefficient (Wildman–Crippen LogP) is 3.84. The third kappa shape index (κ3) is 2.72. The topological polar surface area (TPSA) is 59.8 Å². The molecule has 4 rings (SSSR count). The molecule has 27 heavy (non-hydrogen) atoms. The van der Waals surface area contributed by atoms with Crippen molar-refractivity contribution in [3.63, 3.8) is 0 Å². The van der Waals surface area contributed by atoms with Crippen LogP contribution in [0.25, 0.3) is 11.0 Å². The number of fused-ring (bicyclic) bond motifs is 2. The molecular weight excluding hydrogens is 342 g/mol. The van der Waals surface area contributed by atoms with E-state index in [4.69, 9.17) is 9.15 Å². The van der Waals surface area contributed by atoms with Gasteiger partial charge in [0.1, 0.15) is 17.9 Å². The zero-order valence-electron chi connectivity index (χ0n) is 15.2. The van der Waals surface area contributed by atoms with Gasteiger partial charge in [0.05, 0.1) is 17.0 Å². The van der Waals surface area contributed by atoms with Crippen LogP contribution in [-0.4, -0.2) is 24.5 Å². The fraction of sp³-hybridized carbons (Fsp3) is 0.182. The van der Waals surface area contributed by atoms with Gasteiger partial charge in [0, 0.05) is 7.05 Å². The maximum atomic E-state index is 13.2. The molecule has 0 saturated heterocycles. The average molecular weight is 361 g/mol. The molecule has 3 aromatic rings. The molecule has 1 unspecified atom stereocenters. The molecule has 0 aliphatic carbocycles. The maximum Gasteiger partial charge on any atom is 0.290 e. The van der Waals surface area contributed by atoms with Crippen LogP contribution in [0, 0.1) is 6.92 Å². The number of rotatable bonds is 4. The van der Waals surface area contributed by atoms with Crippen molar-refractivity contribution >= 4 is 16.9 Å². The Hall–Kier alpha value is -3.34. The summed E-state index contributed by atoms with van der Waals surface area (Å²) in [6, 6.07) is 12.3. The summed E-state index contributed by atoms with van der Waals surface area (Å²) in [6.07, 6.45) is 1.67. The van der Waals surface area contributed by atoms with Crippen LogP contribution in [0.15, 0.2) is 64.3 Å². The molecule has 136 valence electrons. The molecule has 5 heteroatoms. The molecule has 0 N–H and O–H groups in total. The second-order valence-corrected chi connectivity index (χ2v) is 6.66. The summed E-state index contributed by atoms with van der Waals surface area (Å²) in [6.45, 7) is 5.96. The molecule has 0 spiro atoms. The SMILES string of the molecule is C=CCOc1ccc(C2c3c(oc4ccc(C)cc4c3=O)C(=O)N2C)cc1. The van der Waals surface area contributed by atoms with Gasteiger partial charge in [-0.25, -0.2) is 0 Å². The Kier molecular flexibility index (Phi) is 4.07. The summed E-state index contributed by atoms with van der Waals surface area (Å²) in [5, 5.41) is 0.493. The summed E-state index contributed by atoms with van der Waals surface area (Å²) >= 11 is 0. The molecule has 1 aromatic heterocycles. The number of nitrogens with zero attached hydrogens (tertiary/aromatic N) is 1. The largest absolute Gasteiger partial charge is 0.490 e. The van der Waals surface area contributed by atoms with E-state index in [9.17, 15) is 9.59 Å². The third-order valence-electron chi connectivity index (χ3n) is 4.82. The monoisotopic (exact) mass is 361 g/mol. The first-order chi connectivity index (χ1) is 13.0. The Bertz CT molecular complexity index is 1110. The highest BCUT2D eigenvalue weighted by Crippen LogP contribution is 2.37. The van der Waals surface area contributed by atoms with Crippen molar-refractivity contribution in [3.8, 4) is 5.75 Å². The Labute approximate surface area is 156 Å². The number of hydrogen-bond donors (Lipinski definition) is 0. The van der Waals surface area contributed by atoms with E-state index in [0.29, 0.717) is 28.9 Å². The highest BCUT2D eigenvalue weighted by molar-refractivity contribution is 5.98. The van der Waals surface area contributed by atoms with Crippen LogP contribution in [-0.2, 0) is 0 Å². The number of hydrogen-bond acceptors (Lipinski definition) is 4. The highest BCUT2D eigenvalue weighted by Gasteiger charge is 2.40. The summed E-state index contributed by atoms with van der Waals surface area (Å²) in [5.41, 5.74) is 2.45. The van der Waals surface area contributed by atoms with E-state index >= 15 is 0 Å². The number of benzene rings is 2. The molecule has 2 heterocycles. The van der Waals surface area contributed by atoms with Crippen LogP contribution in [0.1, 0.15) is 33.3 Å². The predicted molar refractivity (Wildman–Crippen MR) is 103 cm³/mol. The zero-order valence-corrected chi connectivity index (χ0v) is 15.2. The van der Waals surface area contributed by atoms with Crippen LogP contribution < -0.4 is 10.2 Å². The van der Waals surface area contributed by atoms with E-state index in [1.165, 1.54) is 0 Å². The fourth-order valence-corrected chi connectivity index (χ4v) is 3.49. The van der Waals surface area contributed by atoms with E-state index < -0.39 is 6.04 Å². The molecule has 2 aromatic carbocycles. The molecule has 1 amide bonds. The minimum atomic E-state index is -0.484. The van der Waals surface area contributed by atoms with E-state index in [2.05, 4.69) is 6.58 Å². The summed E-state index contributed by atoms with van der Waals surface area (Å²) in [5.74, 6) is 0.532. The molecule has 0 radical (unpaired) electrons. The number of aryl methyl sites for hydroxylation is 1. The Balaban J connectivity index is 1.86. The first-order valence-electron chi connectivity index (χ1n) is 8.69. The van der Waals surface area contributed by atoms with Crippen LogP contribution in [0.3, 0.4) is 0 Å². The minimum absolute atomic E-state index is 0.121. The van der Waals surface area contributed by atoms with Crippen molar-refractivity contribution in [1.29, 1.82) is 0 Å². The smallest absolute Gasteiger partial charge is 0.290 e. The summed E-state index contributed by atoms with van der Waals surface area (Å²) in [4.78, 5) is 27.4. The molecule has 1 aliphatic rings. The van der Waals surface area contributed by atoms with Gasteiger partial charge in [-0.2, -0.15) is 0 Å². The van der Waals surface area contributed by atoms with Crippen molar-refractivity contribution in [3.05, 3.63) is 87.8 Å². The van der Waals surface area contributed by atoms with Gasteiger partial charge in [-0.1, -0.05) is 36.4 Å². The molecule has 5 nitrogen and oxygen atoms in total. The summed E-state index contributed by atoms with van der Waals surface area (Å²) in [7, 11) is 1.68. The number of ether oxygens (including phenoxy) is 1. The lowest BCUT2D eigenvalue weighted by atomic mass is 9.98. The maximum absolute atomic E-state index is 13.2. The van der Waals surface area contributed by atoms with Crippen LogP contribution in [0.2, 0.25) is 0 Å². The molecule has 0 fully saturated rings. The third-order valence-corrected chi connectivity index (χ3v) is 4.82. The lowest BCUT2D eigenvalue weighted by Crippen LogP contribution is -2.25. The van der Waals surface area contributed by atoms with Crippen molar-refractivity contribution in [2.75, 3.05) is 13.7 Å². The van der Waals surface area contributed by atoms with Crippen LogP contribution in [0.4, 0.5) is 0 Å². The molecule has 0 bridgehead atoms. The van der Waals surface area contributed by atoms with Gasteiger partial charge < -0.3 is 14.1 Å². The molecule has 0 saturated carbocycles. The Morgan fingerprint density at radius 2 is 1.93 bits per heavy atom.